The van der Waals surface area contributed by atoms with Gasteiger partial charge >= 0.3 is 0 Å². The zero-order valence-corrected chi connectivity index (χ0v) is 11.0. The van der Waals surface area contributed by atoms with Crippen molar-refractivity contribution < 1.29 is 28.2 Å². The van der Waals surface area contributed by atoms with Crippen LogP contribution in [0, 0.1) is 28.9 Å². The molecule has 0 bridgehead atoms. The van der Waals surface area contributed by atoms with Gasteiger partial charge in [-0.05, 0) is 12.1 Å². The van der Waals surface area contributed by atoms with Crippen LogP contribution in [-0.2, 0) is 9.53 Å². The largest absolute Gasteiger partial charge is 0.490 e. The van der Waals surface area contributed by atoms with Gasteiger partial charge in [-0.3, -0.25) is 0 Å². The van der Waals surface area contributed by atoms with E-state index < -0.39 is 29.6 Å². The molecule has 7 heteroatoms. The lowest BCUT2D eigenvalue weighted by Crippen LogP contribution is -2.38. The molecule has 0 aliphatic carbocycles. The maximum atomic E-state index is 13.9. The second-order valence-electron chi connectivity index (χ2n) is 4.55. The average Bonchev–Trinajstić information content (AvgIpc) is 2.51. The van der Waals surface area contributed by atoms with Crippen molar-refractivity contribution in [2.45, 2.75) is 12.0 Å². The predicted octanol–water partition coefficient (Wildman–Crippen LogP) is 1.16. The van der Waals surface area contributed by atoms with Gasteiger partial charge in [-0.25, -0.2) is 8.78 Å². The molecule has 1 aliphatic heterocycles. The number of aldehydes is 1. The van der Waals surface area contributed by atoms with Gasteiger partial charge in [0, 0.05) is 11.5 Å². The van der Waals surface area contributed by atoms with Crippen molar-refractivity contribution in [3.05, 3.63) is 29.3 Å². The van der Waals surface area contributed by atoms with Crippen LogP contribution >= 0.6 is 0 Å². The van der Waals surface area contributed by atoms with E-state index >= 15 is 0 Å². The monoisotopic (exact) mass is 297 g/mol. The Labute approximate surface area is 119 Å². The zero-order valence-electron chi connectivity index (χ0n) is 11.0. The molecule has 1 heterocycles. The standard InChI is InChI=1S/C14H13F2NO4/c15-10-1-2-11(16)14-13(10)8(6-19)9(7-21-14)12(5-17)20-4-3-18/h1-2,6,8-9,12,18H,3-4,7H2/t8?,9?,12-/m1/s1. The van der Waals surface area contributed by atoms with Gasteiger partial charge in [0.05, 0.1) is 31.8 Å². The molecule has 0 aromatic heterocycles. The van der Waals surface area contributed by atoms with Crippen molar-refractivity contribution in [3.8, 4) is 11.8 Å². The fourth-order valence-electron chi connectivity index (χ4n) is 2.38. The predicted molar refractivity (Wildman–Crippen MR) is 66.6 cm³/mol. The van der Waals surface area contributed by atoms with Gasteiger partial charge < -0.3 is 19.4 Å². The molecule has 5 nitrogen and oxygen atoms in total. The summed E-state index contributed by atoms with van der Waals surface area (Å²) in [5.41, 5.74) is -0.200. The van der Waals surface area contributed by atoms with Gasteiger partial charge in [0.1, 0.15) is 12.1 Å². The topological polar surface area (TPSA) is 79.6 Å². The number of rotatable bonds is 5. The number of ether oxygens (including phenoxy) is 2. The lowest BCUT2D eigenvalue weighted by atomic mass is 9.81. The average molecular weight is 297 g/mol. The van der Waals surface area contributed by atoms with Crippen molar-refractivity contribution in [3.63, 3.8) is 0 Å². The zero-order chi connectivity index (χ0) is 15.4. The molecule has 0 fully saturated rings. The van der Waals surface area contributed by atoms with E-state index in [1.54, 1.807) is 0 Å². The highest BCUT2D eigenvalue weighted by atomic mass is 19.1. The third-order valence-corrected chi connectivity index (χ3v) is 3.36. The van der Waals surface area contributed by atoms with Crippen LogP contribution in [0.2, 0.25) is 0 Å². The van der Waals surface area contributed by atoms with Crippen LogP contribution in [0.5, 0.6) is 5.75 Å². The Hall–Kier alpha value is -2.04. The minimum atomic E-state index is -1.07. The maximum absolute atomic E-state index is 13.9. The molecule has 1 aromatic rings. The van der Waals surface area contributed by atoms with E-state index in [9.17, 15) is 13.6 Å². The Morgan fingerprint density at radius 1 is 1.52 bits per heavy atom. The second-order valence-corrected chi connectivity index (χ2v) is 4.55. The number of carbonyl (C=O) groups is 1. The molecular weight excluding hydrogens is 284 g/mol. The molecule has 3 atom stereocenters. The summed E-state index contributed by atoms with van der Waals surface area (Å²) < 4.78 is 37.9. The van der Waals surface area contributed by atoms with Crippen LogP contribution in [0.4, 0.5) is 8.78 Å². The summed E-state index contributed by atoms with van der Waals surface area (Å²) in [5.74, 6) is -3.66. The second kappa shape index (κ2) is 6.61. The van der Waals surface area contributed by atoms with E-state index in [-0.39, 0.29) is 31.1 Å². The van der Waals surface area contributed by atoms with E-state index in [1.807, 2.05) is 6.07 Å². The molecule has 1 aliphatic rings. The Kier molecular flexibility index (Phi) is 4.83. The Morgan fingerprint density at radius 3 is 2.86 bits per heavy atom. The lowest BCUT2D eigenvalue weighted by molar-refractivity contribution is -0.112. The molecule has 0 saturated carbocycles. The van der Waals surface area contributed by atoms with E-state index in [1.165, 1.54) is 0 Å². The van der Waals surface area contributed by atoms with Crippen molar-refractivity contribution in [2.75, 3.05) is 19.8 Å². The van der Waals surface area contributed by atoms with Gasteiger partial charge in [0.15, 0.2) is 17.7 Å². The van der Waals surface area contributed by atoms with Gasteiger partial charge in [0.25, 0.3) is 0 Å². The number of nitriles is 1. The molecule has 0 radical (unpaired) electrons. The SMILES string of the molecule is N#C[C@@H](OCCO)C1COc2c(F)ccc(F)c2C1C=O. The fourth-order valence-corrected chi connectivity index (χ4v) is 2.38. The summed E-state index contributed by atoms with van der Waals surface area (Å²) in [6.45, 7) is -0.545. The van der Waals surface area contributed by atoms with Crippen LogP contribution in [0.15, 0.2) is 12.1 Å². The minimum Gasteiger partial charge on any atom is -0.490 e. The normalized spacial score (nSPS) is 21.8. The van der Waals surface area contributed by atoms with E-state index in [2.05, 4.69) is 0 Å². The van der Waals surface area contributed by atoms with E-state index in [4.69, 9.17) is 19.8 Å². The number of halogens is 2. The van der Waals surface area contributed by atoms with Gasteiger partial charge in [-0.1, -0.05) is 0 Å². The summed E-state index contributed by atoms with van der Waals surface area (Å²) in [5, 5.41) is 17.8. The van der Waals surface area contributed by atoms with Crippen molar-refractivity contribution in [1.29, 1.82) is 5.26 Å². The van der Waals surface area contributed by atoms with Crippen molar-refractivity contribution in [2.24, 2.45) is 5.92 Å². The highest BCUT2D eigenvalue weighted by molar-refractivity contribution is 5.66. The van der Waals surface area contributed by atoms with E-state index in [0.29, 0.717) is 6.29 Å². The number of fused-ring (bicyclic) bond motifs is 1. The molecule has 21 heavy (non-hydrogen) atoms. The molecule has 0 spiro atoms. The summed E-state index contributed by atoms with van der Waals surface area (Å²) in [6.07, 6.45) is -0.607. The molecule has 0 amide bonds. The number of carbonyl (C=O) groups excluding carboxylic acids is 1. The van der Waals surface area contributed by atoms with Gasteiger partial charge in [-0.15, -0.1) is 0 Å². The quantitative estimate of drug-likeness (QED) is 0.825. The molecule has 1 aromatic carbocycles. The lowest BCUT2D eigenvalue weighted by Gasteiger charge is -2.33. The molecule has 112 valence electrons. The van der Waals surface area contributed by atoms with Crippen molar-refractivity contribution >= 4 is 6.29 Å². The highest BCUT2D eigenvalue weighted by Crippen LogP contribution is 2.41. The van der Waals surface area contributed by atoms with Crippen LogP contribution in [-0.4, -0.2) is 37.3 Å². The van der Waals surface area contributed by atoms with Gasteiger partial charge in [-0.2, -0.15) is 5.26 Å². The summed E-state index contributed by atoms with van der Waals surface area (Å²) >= 11 is 0. The van der Waals surface area contributed by atoms with Gasteiger partial charge in [0.2, 0.25) is 0 Å². The van der Waals surface area contributed by atoms with Crippen LogP contribution in [0.1, 0.15) is 11.5 Å². The minimum absolute atomic E-state index is 0.0984. The maximum Gasteiger partial charge on any atom is 0.165 e. The van der Waals surface area contributed by atoms with E-state index in [0.717, 1.165) is 12.1 Å². The molecule has 2 unspecified atom stereocenters. The molecule has 2 rings (SSSR count). The van der Waals surface area contributed by atoms with Crippen LogP contribution in [0.25, 0.3) is 0 Å². The number of hydrogen-bond donors (Lipinski definition) is 1. The first-order valence-corrected chi connectivity index (χ1v) is 6.32. The first kappa shape index (κ1) is 15.4. The highest BCUT2D eigenvalue weighted by Gasteiger charge is 2.40. The van der Waals surface area contributed by atoms with Crippen molar-refractivity contribution in [1.82, 2.24) is 0 Å². The third-order valence-electron chi connectivity index (χ3n) is 3.36. The summed E-state index contributed by atoms with van der Waals surface area (Å²) in [7, 11) is 0. The Bertz CT molecular complexity index is 573. The molecular formula is C14H13F2NO4. The number of nitrogens with zero attached hydrogens (tertiary/aromatic N) is 1. The molecule has 1 N–H and O–H groups in total. The summed E-state index contributed by atoms with van der Waals surface area (Å²) in [4.78, 5) is 11.3. The molecule has 0 saturated heterocycles. The van der Waals surface area contributed by atoms with Crippen LogP contribution in [0.3, 0.4) is 0 Å². The number of aliphatic hydroxyl groups is 1. The Morgan fingerprint density at radius 2 is 2.24 bits per heavy atom. The fraction of sp³-hybridized carbons (Fsp3) is 0.429. The third kappa shape index (κ3) is 2.86. The Balaban J connectivity index is 2.38. The number of hydrogen-bond acceptors (Lipinski definition) is 5. The number of benzene rings is 1. The first-order valence-electron chi connectivity index (χ1n) is 6.32. The summed E-state index contributed by atoms with van der Waals surface area (Å²) in [6, 6.07) is 3.67. The first-order chi connectivity index (χ1) is 10.1. The van der Waals surface area contributed by atoms with Crippen LogP contribution < -0.4 is 4.74 Å². The number of aliphatic hydroxyl groups excluding tert-OH is 1. The smallest absolute Gasteiger partial charge is 0.165 e.